The molecule has 2 aromatic rings. The first kappa shape index (κ1) is 11.3. The molecule has 1 aliphatic heterocycles. The maximum absolute atomic E-state index is 4.28. The van der Waals surface area contributed by atoms with E-state index in [-0.39, 0.29) is 0 Å². The van der Waals surface area contributed by atoms with Gasteiger partial charge in [-0.05, 0) is 44.5 Å². The van der Waals surface area contributed by atoms with Crippen LogP contribution in [-0.4, -0.2) is 33.1 Å². The van der Waals surface area contributed by atoms with E-state index in [1.165, 1.54) is 6.42 Å². The summed E-state index contributed by atoms with van der Waals surface area (Å²) in [5.74, 6) is 0. The number of hydrogen-bond acceptors (Lipinski definition) is 4. The molecule has 3 rings (SSSR count). The lowest BCUT2D eigenvalue weighted by Crippen LogP contribution is -2.16. The van der Waals surface area contributed by atoms with Crippen LogP contribution in [0.3, 0.4) is 0 Å². The summed E-state index contributed by atoms with van der Waals surface area (Å²) in [4.78, 5) is 4.05. The summed E-state index contributed by atoms with van der Waals surface area (Å²) < 4.78 is 2.07. The van der Waals surface area contributed by atoms with Gasteiger partial charge in [-0.3, -0.25) is 4.98 Å². The van der Waals surface area contributed by atoms with E-state index in [0.717, 1.165) is 37.2 Å². The monoisotopic (exact) mass is 243 g/mol. The van der Waals surface area contributed by atoms with Crippen molar-refractivity contribution in [1.82, 2.24) is 25.3 Å². The van der Waals surface area contributed by atoms with E-state index in [4.69, 9.17) is 0 Å². The van der Waals surface area contributed by atoms with E-state index < -0.39 is 0 Å². The quantitative estimate of drug-likeness (QED) is 0.871. The number of pyridine rings is 1. The molecule has 1 aliphatic rings. The predicted octanol–water partition coefficient (Wildman–Crippen LogP) is 1.65. The molecule has 94 valence electrons. The van der Waals surface area contributed by atoms with Crippen LogP contribution in [0, 0.1) is 0 Å². The zero-order valence-corrected chi connectivity index (χ0v) is 10.3. The zero-order chi connectivity index (χ0) is 12.2. The van der Waals surface area contributed by atoms with E-state index in [0.29, 0.717) is 6.04 Å². The first-order chi connectivity index (χ1) is 8.95. The summed E-state index contributed by atoms with van der Waals surface area (Å²) in [6.07, 6.45) is 8.92. The lowest BCUT2D eigenvalue weighted by molar-refractivity contribution is 0.408. The molecule has 0 saturated carbocycles. The second kappa shape index (κ2) is 5.27. The van der Waals surface area contributed by atoms with Crippen LogP contribution in [0.25, 0.3) is 11.3 Å². The van der Waals surface area contributed by atoms with Gasteiger partial charge in [0.25, 0.3) is 0 Å². The number of nitrogens with zero attached hydrogens (tertiary/aromatic N) is 4. The number of rotatable bonds is 2. The highest BCUT2D eigenvalue weighted by Crippen LogP contribution is 2.25. The number of aromatic nitrogens is 4. The van der Waals surface area contributed by atoms with Crippen molar-refractivity contribution in [2.75, 3.05) is 13.1 Å². The van der Waals surface area contributed by atoms with Gasteiger partial charge in [-0.25, -0.2) is 4.68 Å². The van der Waals surface area contributed by atoms with Gasteiger partial charge in [-0.1, -0.05) is 5.21 Å². The van der Waals surface area contributed by atoms with Crippen LogP contribution >= 0.6 is 0 Å². The number of nitrogens with one attached hydrogen (secondary N) is 1. The van der Waals surface area contributed by atoms with Gasteiger partial charge in [0.05, 0.1) is 17.9 Å². The highest BCUT2D eigenvalue weighted by atomic mass is 15.4. The normalized spacial score (nSPS) is 20.6. The first-order valence-electron chi connectivity index (χ1n) is 6.46. The van der Waals surface area contributed by atoms with Crippen LogP contribution in [0.5, 0.6) is 0 Å². The molecule has 0 aliphatic carbocycles. The van der Waals surface area contributed by atoms with Gasteiger partial charge in [0.15, 0.2) is 0 Å². The van der Waals surface area contributed by atoms with Crippen molar-refractivity contribution in [1.29, 1.82) is 0 Å². The SMILES string of the molecule is c1cc(-c2cnnn2C2CCCNCC2)ccn1. The molecule has 0 radical (unpaired) electrons. The maximum atomic E-state index is 4.28. The van der Waals surface area contributed by atoms with Crippen molar-refractivity contribution in [2.45, 2.75) is 25.3 Å². The fraction of sp³-hybridized carbons (Fsp3) is 0.462. The second-order valence-corrected chi connectivity index (χ2v) is 4.63. The molecule has 1 unspecified atom stereocenters. The largest absolute Gasteiger partial charge is 0.317 e. The first-order valence-corrected chi connectivity index (χ1v) is 6.46. The smallest absolute Gasteiger partial charge is 0.0889 e. The Labute approximate surface area is 106 Å². The van der Waals surface area contributed by atoms with Gasteiger partial charge < -0.3 is 5.32 Å². The topological polar surface area (TPSA) is 55.6 Å². The van der Waals surface area contributed by atoms with E-state index in [2.05, 4.69) is 25.3 Å². The van der Waals surface area contributed by atoms with Crippen LogP contribution < -0.4 is 5.32 Å². The summed E-state index contributed by atoms with van der Waals surface area (Å²) in [5, 5.41) is 11.8. The van der Waals surface area contributed by atoms with Crippen LogP contribution in [0.4, 0.5) is 0 Å². The Morgan fingerprint density at radius 1 is 1.17 bits per heavy atom. The third kappa shape index (κ3) is 2.26. The van der Waals surface area contributed by atoms with Crippen LogP contribution in [0.15, 0.2) is 30.7 Å². The van der Waals surface area contributed by atoms with Crippen molar-refractivity contribution in [3.05, 3.63) is 30.7 Å². The lowest BCUT2D eigenvalue weighted by atomic mass is 10.1. The Balaban J connectivity index is 1.91. The fourth-order valence-corrected chi connectivity index (χ4v) is 2.49. The molecule has 3 heterocycles. The van der Waals surface area contributed by atoms with Gasteiger partial charge in [0, 0.05) is 18.0 Å². The number of hydrogen-bond donors (Lipinski definition) is 1. The van der Waals surface area contributed by atoms with Crippen molar-refractivity contribution >= 4 is 0 Å². The van der Waals surface area contributed by atoms with Crippen molar-refractivity contribution in [3.63, 3.8) is 0 Å². The van der Waals surface area contributed by atoms with Gasteiger partial charge in [0.1, 0.15) is 0 Å². The molecule has 1 saturated heterocycles. The Morgan fingerprint density at radius 2 is 2.06 bits per heavy atom. The average molecular weight is 243 g/mol. The van der Waals surface area contributed by atoms with Crippen LogP contribution in [0.2, 0.25) is 0 Å². The molecule has 1 atom stereocenters. The third-order valence-electron chi connectivity index (χ3n) is 3.44. The Kier molecular flexibility index (Phi) is 3.32. The molecule has 0 amide bonds. The summed E-state index contributed by atoms with van der Waals surface area (Å²) >= 11 is 0. The summed E-state index contributed by atoms with van der Waals surface area (Å²) in [7, 11) is 0. The van der Waals surface area contributed by atoms with Gasteiger partial charge in [-0.2, -0.15) is 0 Å². The van der Waals surface area contributed by atoms with Crippen LogP contribution in [-0.2, 0) is 0 Å². The lowest BCUT2D eigenvalue weighted by Gasteiger charge is -2.16. The maximum Gasteiger partial charge on any atom is 0.0889 e. The van der Waals surface area contributed by atoms with Gasteiger partial charge in [-0.15, -0.1) is 5.10 Å². The molecule has 18 heavy (non-hydrogen) atoms. The fourth-order valence-electron chi connectivity index (χ4n) is 2.49. The van der Waals surface area contributed by atoms with Crippen LogP contribution in [0.1, 0.15) is 25.3 Å². The van der Waals surface area contributed by atoms with Crippen molar-refractivity contribution in [2.24, 2.45) is 0 Å². The predicted molar refractivity (Wildman–Crippen MR) is 69.0 cm³/mol. The summed E-state index contributed by atoms with van der Waals surface area (Å²) in [5.41, 5.74) is 2.22. The molecule has 0 bridgehead atoms. The van der Waals surface area contributed by atoms with E-state index >= 15 is 0 Å². The Bertz CT molecular complexity index is 485. The summed E-state index contributed by atoms with van der Waals surface area (Å²) in [6.45, 7) is 2.16. The molecule has 5 heteroatoms. The molecular weight excluding hydrogens is 226 g/mol. The molecular formula is C13H17N5. The molecule has 5 nitrogen and oxygen atoms in total. The molecule has 0 spiro atoms. The highest BCUT2D eigenvalue weighted by Gasteiger charge is 2.18. The van der Waals surface area contributed by atoms with E-state index in [9.17, 15) is 0 Å². The zero-order valence-electron chi connectivity index (χ0n) is 10.3. The molecule has 0 aromatic carbocycles. The molecule has 1 N–H and O–H groups in total. The summed E-state index contributed by atoms with van der Waals surface area (Å²) in [6, 6.07) is 4.46. The minimum atomic E-state index is 0.450. The third-order valence-corrected chi connectivity index (χ3v) is 3.44. The standard InChI is InChI=1S/C13H17N5/c1-2-12(5-9-14-6-1)18-13(10-16-17-18)11-3-7-15-8-4-11/h3-4,7-8,10,12,14H,1-2,5-6,9H2. The molecule has 2 aromatic heterocycles. The average Bonchev–Trinajstić information content (AvgIpc) is 2.75. The highest BCUT2D eigenvalue weighted by molar-refractivity contribution is 5.57. The Morgan fingerprint density at radius 3 is 2.94 bits per heavy atom. The van der Waals surface area contributed by atoms with Gasteiger partial charge >= 0.3 is 0 Å². The molecule has 1 fully saturated rings. The minimum absolute atomic E-state index is 0.450. The van der Waals surface area contributed by atoms with E-state index in [1.54, 1.807) is 12.4 Å². The van der Waals surface area contributed by atoms with Crippen molar-refractivity contribution < 1.29 is 0 Å². The van der Waals surface area contributed by atoms with E-state index in [1.807, 2.05) is 18.3 Å². The van der Waals surface area contributed by atoms with Gasteiger partial charge in [0.2, 0.25) is 0 Å². The second-order valence-electron chi connectivity index (χ2n) is 4.63. The minimum Gasteiger partial charge on any atom is -0.317 e. The van der Waals surface area contributed by atoms with Crippen molar-refractivity contribution in [3.8, 4) is 11.3 Å². The Hall–Kier alpha value is -1.75.